The van der Waals surface area contributed by atoms with Gasteiger partial charge in [-0.25, -0.2) is 4.79 Å². The molecule has 2 aromatic carbocycles. The quantitative estimate of drug-likeness (QED) is 0.178. The summed E-state index contributed by atoms with van der Waals surface area (Å²) >= 11 is 0. The highest BCUT2D eigenvalue weighted by Gasteiger charge is 2.26. The van der Waals surface area contributed by atoms with E-state index in [9.17, 15) is 19.2 Å². The van der Waals surface area contributed by atoms with Crippen LogP contribution in [0.5, 0.6) is 11.5 Å². The number of amides is 2. The van der Waals surface area contributed by atoms with Crippen LogP contribution >= 0.6 is 0 Å². The molecule has 13 heteroatoms. The van der Waals surface area contributed by atoms with Crippen molar-refractivity contribution in [2.45, 2.75) is 91.1 Å². The Morgan fingerprint density at radius 3 is 1.82 bits per heavy atom. The van der Waals surface area contributed by atoms with E-state index in [-0.39, 0.29) is 24.8 Å². The third-order valence-electron chi connectivity index (χ3n) is 10.4. The summed E-state index contributed by atoms with van der Waals surface area (Å²) in [5.74, 6) is 1.74. The summed E-state index contributed by atoms with van der Waals surface area (Å²) in [7, 11) is 5.11. The standard InChI is InChI=1S/C18H25N3O3.C11H20N2O.C8H8O3.C6H15N.CH4/c1-24-16-4-2-3-14(13-16)18(23)21-11-9-20(10-12-21)8-7-17(22)19-15-5-6-15;14-11(9-10-1-2-10)3-6-13-7-4-12-5-8-13;1-11-7-4-2-3-6(5-7)8(9)10;1-4-6(5-2)7-3;/h2-4,13,15H,5-12H2,1H3,(H,19,22);10,12H,1-9H2;2-5H,1H3,(H,9,10);6-7H,4-5H2,1-3H3;1H4. The minimum Gasteiger partial charge on any atom is -0.497 e. The lowest BCUT2D eigenvalue weighted by molar-refractivity contribution is -0.122. The van der Waals surface area contributed by atoms with Crippen molar-refractivity contribution in [1.29, 1.82) is 0 Å². The Labute approximate surface area is 342 Å². The van der Waals surface area contributed by atoms with Crippen molar-refractivity contribution in [3.8, 4) is 11.5 Å². The number of nitrogens with zero attached hydrogens (tertiary/aromatic N) is 3. The molecule has 2 amide bonds. The summed E-state index contributed by atoms with van der Waals surface area (Å²) in [5, 5.41) is 18.1. The van der Waals surface area contributed by atoms with Gasteiger partial charge in [-0.05, 0) is 87.9 Å². The number of Topliss-reactive ketones (excluding diaryl/α,β-unsaturated/α-hetero) is 1. The lowest BCUT2D eigenvalue weighted by atomic mass is 10.1. The van der Waals surface area contributed by atoms with Crippen molar-refractivity contribution in [2.75, 3.05) is 86.7 Å². The smallest absolute Gasteiger partial charge is 0.335 e. The normalized spacial score (nSPS) is 16.6. The van der Waals surface area contributed by atoms with Gasteiger partial charge in [0.1, 0.15) is 17.3 Å². The number of carboxylic acids is 1. The Hall–Kier alpha value is -4.04. The van der Waals surface area contributed by atoms with Gasteiger partial charge >= 0.3 is 5.97 Å². The Morgan fingerprint density at radius 1 is 0.789 bits per heavy atom. The van der Waals surface area contributed by atoms with Crippen molar-refractivity contribution in [3.05, 3.63) is 59.7 Å². The van der Waals surface area contributed by atoms with E-state index in [1.165, 1.54) is 44.9 Å². The molecule has 0 aromatic heterocycles. The maximum absolute atomic E-state index is 12.6. The molecule has 0 atom stereocenters. The molecule has 2 aliphatic carbocycles. The molecule has 6 rings (SSSR count). The predicted molar refractivity (Wildman–Crippen MR) is 228 cm³/mol. The van der Waals surface area contributed by atoms with Gasteiger partial charge in [0.25, 0.3) is 5.91 Å². The first-order valence-corrected chi connectivity index (χ1v) is 20.5. The van der Waals surface area contributed by atoms with Crippen LogP contribution < -0.4 is 25.4 Å². The molecule has 0 bridgehead atoms. The van der Waals surface area contributed by atoms with Gasteiger partial charge in [-0.3, -0.25) is 19.3 Å². The highest BCUT2D eigenvalue weighted by molar-refractivity contribution is 5.94. The first kappa shape index (κ1) is 49.1. The molecule has 4 aliphatic rings. The SMILES string of the molecule is C.CCC(CC)NC.COc1cccc(C(=O)N2CCN(CCC(=O)NC3CC3)CC2)c1.COc1cccc(C(=O)O)c1.O=C(CCN1CCNCC1)CC1CC1. The monoisotopic (exact) mass is 797 g/mol. The Balaban J connectivity index is 0.000000289. The minimum atomic E-state index is -0.941. The number of ether oxygens (including phenoxy) is 2. The predicted octanol–water partition coefficient (Wildman–Crippen LogP) is 5.20. The van der Waals surface area contributed by atoms with E-state index in [1.807, 2.05) is 30.1 Å². The van der Waals surface area contributed by atoms with Crippen molar-refractivity contribution < 1.29 is 33.8 Å². The number of carboxylic acid groups (broad SMARTS) is 1. The number of aromatic carboxylic acids is 1. The fraction of sp³-hybridized carbons (Fsp3) is 0.636. The number of piperazine rings is 2. The van der Waals surface area contributed by atoms with Crippen LogP contribution in [0.3, 0.4) is 0 Å². The van der Waals surface area contributed by atoms with E-state index < -0.39 is 5.97 Å². The van der Waals surface area contributed by atoms with Crippen LogP contribution in [0, 0.1) is 5.92 Å². The van der Waals surface area contributed by atoms with E-state index in [1.54, 1.807) is 25.3 Å². The number of methoxy groups -OCH3 is 2. The summed E-state index contributed by atoms with van der Waals surface area (Å²) in [6.07, 6.45) is 9.48. The molecule has 2 heterocycles. The van der Waals surface area contributed by atoms with Crippen molar-refractivity contribution in [1.82, 2.24) is 30.7 Å². The summed E-state index contributed by atoms with van der Waals surface area (Å²) < 4.78 is 10.0. The molecule has 57 heavy (non-hydrogen) atoms. The van der Waals surface area contributed by atoms with Crippen LogP contribution in [0.4, 0.5) is 0 Å². The van der Waals surface area contributed by atoms with Crippen LogP contribution in [0.1, 0.15) is 99.8 Å². The molecule has 0 spiro atoms. The van der Waals surface area contributed by atoms with E-state index in [4.69, 9.17) is 14.6 Å². The molecule has 4 fully saturated rings. The second-order valence-electron chi connectivity index (χ2n) is 14.8. The molecule has 0 unspecified atom stereocenters. The van der Waals surface area contributed by atoms with Crippen molar-refractivity contribution in [2.24, 2.45) is 5.92 Å². The van der Waals surface area contributed by atoms with Crippen molar-refractivity contribution >= 4 is 23.6 Å². The first-order valence-electron chi connectivity index (χ1n) is 20.5. The average molecular weight is 797 g/mol. The van der Waals surface area contributed by atoms with Gasteiger partial charge in [0.2, 0.25) is 5.91 Å². The topological polar surface area (TPSA) is 153 Å². The Bertz CT molecular complexity index is 1460. The second-order valence-corrected chi connectivity index (χ2v) is 14.8. The van der Waals surface area contributed by atoms with Gasteiger partial charge in [-0.1, -0.05) is 33.4 Å². The molecule has 2 aromatic rings. The van der Waals surface area contributed by atoms with E-state index >= 15 is 0 Å². The molecule has 13 nitrogen and oxygen atoms in total. The van der Waals surface area contributed by atoms with Crippen LogP contribution in [0.15, 0.2) is 48.5 Å². The number of hydrogen-bond donors (Lipinski definition) is 4. The van der Waals surface area contributed by atoms with Gasteiger partial charge in [0.15, 0.2) is 0 Å². The zero-order valence-corrected chi connectivity index (χ0v) is 34.5. The number of hydrogen-bond acceptors (Lipinski definition) is 10. The Morgan fingerprint density at radius 2 is 1.33 bits per heavy atom. The van der Waals surface area contributed by atoms with Gasteiger partial charge in [0.05, 0.1) is 19.8 Å². The molecule has 4 N–H and O–H groups in total. The van der Waals surface area contributed by atoms with Crippen LogP contribution in [-0.2, 0) is 9.59 Å². The number of benzene rings is 2. The molecule has 2 saturated carbocycles. The fourth-order valence-corrected chi connectivity index (χ4v) is 6.32. The van der Waals surface area contributed by atoms with Crippen LogP contribution in [0.2, 0.25) is 0 Å². The van der Waals surface area contributed by atoms with Gasteiger partial charge < -0.3 is 40.3 Å². The van der Waals surface area contributed by atoms with Crippen LogP contribution in [0.25, 0.3) is 0 Å². The number of ketones is 1. The second kappa shape index (κ2) is 27.6. The summed E-state index contributed by atoms with van der Waals surface area (Å²) in [6.45, 7) is 13.5. The van der Waals surface area contributed by atoms with E-state index in [0.717, 1.165) is 90.0 Å². The lowest BCUT2D eigenvalue weighted by Gasteiger charge is -2.34. The maximum atomic E-state index is 12.6. The third-order valence-corrected chi connectivity index (χ3v) is 10.4. The lowest BCUT2D eigenvalue weighted by Crippen LogP contribution is -2.49. The third kappa shape index (κ3) is 20.3. The van der Waals surface area contributed by atoms with E-state index in [0.29, 0.717) is 48.4 Å². The van der Waals surface area contributed by atoms with Gasteiger partial charge in [0, 0.05) is 102 Å². The number of carbonyl (C=O) groups excluding carboxylic acids is 3. The molecular formula is C44H72N6O7. The maximum Gasteiger partial charge on any atom is 0.335 e. The molecule has 2 saturated heterocycles. The zero-order chi connectivity index (χ0) is 40.7. The molecule has 320 valence electrons. The fourth-order valence-electron chi connectivity index (χ4n) is 6.32. The molecular weight excluding hydrogens is 725 g/mol. The number of nitrogens with one attached hydrogen (secondary N) is 3. The van der Waals surface area contributed by atoms with E-state index in [2.05, 4.69) is 39.6 Å². The van der Waals surface area contributed by atoms with Crippen molar-refractivity contribution in [3.63, 3.8) is 0 Å². The average Bonchev–Trinajstić information content (AvgIpc) is 4.19. The number of rotatable bonds is 16. The largest absolute Gasteiger partial charge is 0.497 e. The summed E-state index contributed by atoms with van der Waals surface area (Å²) in [5.41, 5.74) is 0.899. The summed E-state index contributed by atoms with van der Waals surface area (Å²) in [6, 6.07) is 14.8. The van der Waals surface area contributed by atoms with Crippen LogP contribution in [-0.4, -0.2) is 142 Å². The van der Waals surface area contributed by atoms with Gasteiger partial charge in [-0.2, -0.15) is 0 Å². The highest BCUT2D eigenvalue weighted by atomic mass is 16.5. The highest BCUT2D eigenvalue weighted by Crippen LogP contribution is 2.32. The first-order chi connectivity index (χ1) is 27.1. The van der Waals surface area contributed by atoms with Gasteiger partial charge in [-0.15, -0.1) is 0 Å². The summed E-state index contributed by atoms with van der Waals surface area (Å²) in [4.78, 5) is 52.7. The number of carbonyl (C=O) groups is 4. The minimum absolute atomic E-state index is 0. The molecule has 0 radical (unpaired) electrons. The zero-order valence-electron chi connectivity index (χ0n) is 34.5. The molecule has 2 aliphatic heterocycles. The Kier molecular flexibility index (Phi) is 23.8.